The van der Waals surface area contributed by atoms with Gasteiger partial charge in [0.05, 0.1) is 23.1 Å². The van der Waals surface area contributed by atoms with Crippen LogP contribution in [0.4, 0.5) is 11.4 Å². The predicted molar refractivity (Wildman–Crippen MR) is 88.7 cm³/mol. The molecule has 3 N–H and O–H groups in total. The molecular weight excluding hydrogens is 280 g/mol. The first-order valence-electron chi connectivity index (χ1n) is 7.72. The second-order valence-corrected chi connectivity index (χ2v) is 4.87. The van der Waals surface area contributed by atoms with Crippen LogP contribution in [-0.2, 0) is 9.47 Å². The molecule has 0 atom stereocenters. The van der Waals surface area contributed by atoms with Gasteiger partial charge in [-0.05, 0) is 32.4 Å². The van der Waals surface area contributed by atoms with Crippen LogP contribution in [0.5, 0.6) is 0 Å². The van der Waals surface area contributed by atoms with Gasteiger partial charge in [-0.2, -0.15) is 0 Å². The standard InChI is InChI=1S/C16H24N4O2/c1-3-21-14(22-4-2)8-6-10-18-15-12(17)11-20-13-7-5-9-19-16(13)15/h5,7,9,11,14H,3-4,6,8,10,17H2,1-2H3,(H,18,20). The van der Waals surface area contributed by atoms with Crippen molar-refractivity contribution in [2.75, 3.05) is 30.8 Å². The summed E-state index contributed by atoms with van der Waals surface area (Å²) in [5, 5.41) is 3.36. The van der Waals surface area contributed by atoms with E-state index in [9.17, 15) is 0 Å². The van der Waals surface area contributed by atoms with Gasteiger partial charge in [0, 0.05) is 32.4 Å². The highest BCUT2D eigenvalue weighted by Crippen LogP contribution is 2.25. The monoisotopic (exact) mass is 304 g/mol. The molecule has 2 heterocycles. The third kappa shape index (κ3) is 4.29. The van der Waals surface area contributed by atoms with Crippen molar-refractivity contribution >= 4 is 22.4 Å². The largest absolute Gasteiger partial charge is 0.396 e. The molecule has 6 heteroatoms. The molecule has 0 unspecified atom stereocenters. The molecule has 0 radical (unpaired) electrons. The van der Waals surface area contributed by atoms with Crippen molar-refractivity contribution in [3.05, 3.63) is 24.5 Å². The maximum Gasteiger partial charge on any atom is 0.157 e. The minimum absolute atomic E-state index is 0.138. The van der Waals surface area contributed by atoms with Crippen molar-refractivity contribution in [1.82, 2.24) is 9.97 Å². The van der Waals surface area contributed by atoms with Crippen molar-refractivity contribution in [2.24, 2.45) is 0 Å². The Labute approximate surface area is 131 Å². The van der Waals surface area contributed by atoms with Crippen LogP contribution in [0.3, 0.4) is 0 Å². The molecule has 0 saturated heterocycles. The van der Waals surface area contributed by atoms with Gasteiger partial charge in [0.15, 0.2) is 6.29 Å². The fraction of sp³-hybridized carbons (Fsp3) is 0.500. The lowest BCUT2D eigenvalue weighted by atomic mass is 10.2. The van der Waals surface area contributed by atoms with Gasteiger partial charge in [-0.25, -0.2) is 0 Å². The van der Waals surface area contributed by atoms with Crippen LogP contribution in [0.1, 0.15) is 26.7 Å². The highest BCUT2D eigenvalue weighted by atomic mass is 16.7. The van der Waals surface area contributed by atoms with Crippen LogP contribution < -0.4 is 11.1 Å². The van der Waals surface area contributed by atoms with E-state index >= 15 is 0 Å². The number of nitrogens with zero attached hydrogens (tertiary/aromatic N) is 2. The topological polar surface area (TPSA) is 82.3 Å². The van der Waals surface area contributed by atoms with Crippen molar-refractivity contribution in [3.63, 3.8) is 0 Å². The summed E-state index contributed by atoms with van der Waals surface area (Å²) in [6, 6.07) is 3.79. The molecule has 0 aliphatic rings. The van der Waals surface area contributed by atoms with E-state index in [4.69, 9.17) is 15.2 Å². The summed E-state index contributed by atoms with van der Waals surface area (Å²) in [4.78, 5) is 8.64. The summed E-state index contributed by atoms with van der Waals surface area (Å²) in [7, 11) is 0. The molecule has 0 aliphatic heterocycles. The molecule has 0 aliphatic carbocycles. The third-order valence-electron chi connectivity index (χ3n) is 3.28. The predicted octanol–water partition coefficient (Wildman–Crippen LogP) is 2.80. The Morgan fingerprint density at radius 2 is 2.00 bits per heavy atom. The van der Waals surface area contributed by atoms with Crippen LogP contribution in [-0.4, -0.2) is 36.0 Å². The molecule has 0 fully saturated rings. The Morgan fingerprint density at radius 1 is 1.23 bits per heavy atom. The van der Waals surface area contributed by atoms with Crippen LogP contribution in [0.2, 0.25) is 0 Å². The normalized spacial score (nSPS) is 11.2. The van der Waals surface area contributed by atoms with Crippen molar-refractivity contribution in [1.29, 1.82) is 0 Å². The van der Waals surface area contributed by atoms with Gasteiger partial charge in [0.1, 0.15) is 5.52 Å². The summed E-state index contributed by atoms with van der Waals surface area (Å²) in [5.41, 5.74) is 9.09. The summed E-state index contributed by atoms with van der Waals surface area (Å²) >= 11 is 0. The maximum absolute atomic E-state index is 6.01. The van der Waals surface area contributed by atoms with Crippen LogP contribution in [0.25, 0.3) is 11.0 Å². The number of ether oxygens (including phenoxy) is 2. The molecule has 0 amide bonds. The number of nitrogen functional groups attached to an aromatic ring is 1. The van der Waals surface area contributed by atoms with E-state index in [1.165, 1.54) is 0 Å². The van der Waals surface area contributed by atoms with Gasteiger partial charge in [0.2, 0.25) is 0 Å². The Balaban J connectivity index is 1.93. The number of aromatic nitrogens is 2. The maximum atomic E-state index is 6.01. The molecule has 0 spiro atoms. The van der Waals surface area contributed by atoms with Gasteiger partial charge in [-0.3, -0.25) is 9.97 Å². The first-order valence-corrected chi connectivity index (χ1v) is 7.72. The van der Waals surface area contributed by atoms with Gasteiger partial charge in [-0.1, -0.05) is 0 Å². The van der Waals surface area contributed by atoms with Gasteiger partial charge in [-0.15, -0.1) is 0 Å². The molecule has 2 aromatic heterocycles. The summed E-state index contributed by atoms with van der Waals surface area (Å²) in [6.07, 6.45) is 5.03. The van der Waals surface area contributed by atoms with E-state index in [0.29, 0.717) is 18.9 Å². The molecule has 120 valence electrons. The highest BCUT2D eigenvalue weighted by Gasteiger charge is 2.09. The summed E-state index contributed by atoms with van der Waals surface area (Å²) in [6.45, 7) is 6.03. The number of nitrogens with two attached hydrogens (primary N) is 1. The average Bonchev–Trinajstić information content (AvgIpc) is 2.53. The third-order valence-corrected chi connectivity index (χ3v) is 3.28. The van der Waals surface area contributed by atoms with Crippen molar-refractivity contribution in [3.8, 4) is 0 Å². The zero-order chi connectivity index (χ0) is 15.8. The number of pyridine rings is 2. The number of hydrogen-bond donors (Lipinski definition) is 2. The first-order chi connectivity index (χ1) is 10.8. The van der Waals surface area contributed by atoms with E-state index in [-0.39, 0.29) is 6.29 Å². The van der Waals surface area contributed by atoms with Crippen LogP contribution in [0.15, 0.2) is 24.5 Å². The van der Waals surface area contributed by atoms with E-state index < -0.39 is 0 Å². The average molecular weight is 304 g/mol. The van der Waals surface area contributed by atoms with Gasteiger partial charge >= 0.3 is 0 Å². The SMILES string of the molecule is CCOC(CCCNc1c(N)cnc2cccnc12)OCC. The molecule has 0 aromatic carbocycles. The smallest absolute Gasteiger partial charge is 0.157 e. The Morgan fingerprint density at radius 3 is 2.73 bits per heavy atom. The fourth-order valence-corrected chi connectivity index (χ4v) is 2.29. The van der Waals surface area contributed by atoms with E-state index in [0.717, 1.165) is 36.1 Å². The zero-order valence-electron chi connectivity index (χ0n) is 13.2. The number of hydrogen-bond acceptors (Lipinski definition) is 6. The Kier molecular flexibility index (Phi) is 6.36. The molecule has 2 aromatic rings. The second-order valence-electron chi connectivity index (χ2n) is 4.87. The number of fused-ring (bicyclic) bond motifs is 1. The molecule has 22 heavy (non-hydrogen) atoms. The lowest BCUT2D eigenvalue weighted by Crippen LogP contribution is -2.18. The van der Waals surface area contributed by atoms with Gasteiger partial charge < -0.3 is 20.5 Å². The van der Waals surface area contributed by atoms with E-state index in [1.54, 1.807) is 12.4 Å². The number of anilines is 2. The van der Waals surface area contributed by atoms with E-state index in [1.807, 2.05) is 26.0 Å². The second kappa shape index (κ2) is 8.51. The molecule has 0 saturated carbocycles. The number of rotatable bonds is 9. The zero-order valence-corrected chi connectivity index (χ0v) is 13.2. The lowest BCUT2D eigenvalue weighted by molar-refractivity contribution is -0.139. The van der Waals surface area contributed by atoms with Crippen molar-refractivity contribution < 1.29 is 9.47 Å². The van der Waals surface area contributed by atoms with Gasteiger partial charge in [0.25, 0.3) is 0 Å². The fourth-order valence-electron chi connectivity index (χ4n) is 2.29. The highest BCUT2D eigenvalue weighted by molar-refractivity contribution is 5.93. The molecular formula is C16H24N4O2. The summed E-state index contributed by atoms with van der Waals surface area (Å²) < 4.78 is 11.1. The first kappa shape index (κ1) is 16.5. The quantitative estimate of drug-likeness (QED) is 0.547. The Hall–Kier alpha value is -1.92. The molecule has 6 nitrogen and oxygen atoms in total. The lowest BCUT2D eigenvalue weighted by Gasteiger charge is -2.17. The van der Waals surface area contributed by atoms with E-state index in [2.05, 4.69) is 15.3 Å². The van der Waals surface area contributed by atoms with Crippen LogP contribution in [0, 0.1) is 0 Å². The van der Waals surface area contributed by atoms with Crippen LogP contribution >= 0.6 is 0 Å². The minimum Gasteiger partial charge on any atom is -0.396 e. The molecule has 0 bridgehead atoms. The number of nitrogens with one attached hydrogen (secondary N) is 1. The summed E-state index contributed by atoms with van der Waals surface area (Å²) in [5.74, 6) is 0. The van der Waals surface area contributed by atoms with Crippen molar-refractivity contribution in [2.45, 2.75) is 33.0 Å². The minimum atomic E-state index is -0.138. The molecule has 2 rings (SSSR count). The Bertz CT molecular complexity index is 585.